The first-order valence-corrected chi connectivity index (χ1v) is 14.5. The van der Waals surface area contributed by atoms with E-state index in [-0.39, 0.29) is 54.8 Å². The van der Waals surface area contributed by atoms with Gasteiger partial charge in [0.15, 0.2) is 5.01 Å². The van der Waals surface area contributed by atoms with Crippen molar-refractivity contribution in [2.24, 2.45) is 5.73 Å². The van der Waals surface area contributed by atoms with Crippen LogP contribution in [0.3, 0.4) is 0 Å². The summed E-state index contributed by atoms with van der Waals surface area (Å²) in [5, 5.41) is 14.6. The molecule has 1 saturated heterocycles. The van der Waals surface area contributed by atoms with Gasteiger partial charge in [0.1, 0.15) is 10.9 Å². The van der Waals surface area contributed by atoms with E-state index in [9.17, 15) is 18.0 Å². The van der Waals surface area contributed by atoms with E-state index in [1.54, 1.807) is 23.1 Å². The van der Waals surface area contributed by atoms with Crippen LogP contribution in [0.4, 0.5) is 0 Å². The Morgan fingerprint density at radius 3 is 2.82 bits per heavy atom. The fraction of sp³-hybridized carbons (Fsp3) is 0.417. The molecule has 1 fully saturated rings. The Hall–Kier alpha value is -3.33. The van der Waals surface area contributed by atoms with Crippen molar-refractivity contribution in [1.29, 1.82) is 5.41 Å². The molecule has 4 heterocycles. The third-order valence-electron chi connectivity index (χ3n) is 7.00. The molecule has 14 heteroatoms. The monoisotopic (exact) mass is 558 g/mol. The van der Waals surface area contributed by atoms with Gasteiger partial charge in [-0.3, -0.25) is 15.0 Å². The maximum absolute atomic E-state index is 13.6. The number of piperazine rings is 1. The highest BCUT2D eigenvalue weighted by atomic mass is 32.2. The number of aromatic nitrogens is 2. The average molecular weight is 559 g/mol. The molecular weight excluding hydrogens is 528 g/mol. The smallest absolute Gasteiger partial charge is 0.283 e. The fourth-order valence-electron chi connectivity index (χ4n) is 4.87. The first kappa shape index (κ1) is 26.3. The minimum absolute atomic E-state index is 0.000824. The predicted molar refractivity (Wildman–Crippen MR) is 144 cm³/mol. The number of nitrogens with one attached hydrogen (secondary N) is 4. The topological polar surface area (TPSA) is 177 Å². The van der Waals surface area contributed by atoms with Crippen molar-refractivity contribution in [3.05, 3.63) is 45.4 Å². The second-order valence-corrected chi connectivity index (χ2v) is 12.6. The van der Waals surface area contributed by atoms with E-state index in [0.29, 0.717) is 28.0 Å². The van der Waals surface area contributed by atoms with Crippen molar-refractivity contribution < 1.29 is 18.0 Å². The molecule has 2 amide bonds. The predicted octanol–water partition coefficient (Wildman–Crippen LogP) is 0.594. The van der Waals surface area contributed by atoms with Gasteiger partial charge in [0.25, 0.3) is 15.9 Å². The van der Waals surface area contributed by atoms with Gasteiger partial charge in [-0.15, -0.1) is 11.3 Å². The minimum atomic E-state index is -3.95. The lowest BCUT2D eigenvalue weighted by molar-refractivity contribution is -0.121. The van der Waals surface area contributed by atoms with E-state index < -0.39 is 16.1 Å². The van der Waals surface area contributed by atoms with E-state index in [1.807, 2.05) is 0 Å². The Morgan fingerprint density at radius 2 is 2.08 bits per heavy atom. The van der Waals surface area contributed by atoms with Gasteiger partial charge in [0.05, 0.1) is 11.7 Å². The van der Waals surface area contributed by atoms with Crippen molar-refractivity contribution in [2.75, 3.05) is 26.7 Å². The zero-order valence-corrected chi connectivity index (χ0v) is 22.7. The zero-order valence-electron chi connectivity index (χ0n) is 21.1. The molecule has 12 nitrogen and oxygen atoms in total. The standard InChI is InChI=1S/C24H30N8O4S2/c1-13-7-18-19(11-28-13)37-23(30-18)24(34)32-6-5-31(12-16(32)10-20(33)27-2)38(35,36)21-9-14-3-4-15(22(25)26)8-17(14)29-21/h3-4,8-9,13,16,28-29H,5-7,10-12H2,1-2H3,(H3,25,26)(H,27,33). The Morgan fingerprint density at radius 1 is 1.29 bits per heavy atom. The molecule has 2 aromatic heterocycles. The molecule has 202 valence electrons. The number of nitrogen functional groups attached to an aromatic ring is 1. The Kier molecular flexibility index (Phi) is 6.98. The summed E-state index contributed by atoms with van der Waals surface area (Å²) in [5.74, 6) is -0.688. The number of nitrogens with two attached hydrogens (primary N) is 1. The number of benzene rings is 1. The van der Waals surface area contributed by atoms with Crippen LogP contribution in [0.2, 0.25) is 0 Å². The summed E-state index contributed by atoms with van der Waals surface area (Å²) in [4.78, 5) is 36.0. The third kappa shape index (κ3) is 4.91. The van der Waals surface area contributed by atoms with E-state index in [0.717, 1.165) is 17.0 Å². The number of H-pyrrole nitrogens is 1. The van der Waals surface area contributed by atoms with E-state index in [1.165, 1.54) is 28.8 Å². The van der Waals surface area contributed by atoms with Crippen LogP contribution in [-0.4, -0.2) is 84.0 Å². The number of amidine groups is 1. The Balaban J connectivity index is 1.40. The number of nitrogens with zero attached hydrogens (tertiary/aromatic N) is 3. The fourth-order valence-corrected chi connectivity index (χ4v) is 7.35. The Labute approximate surface area is 224 Å². The van der Waals surface area contributed by atoms with Crippen molar-refractivity contribution in [3.8, 4) is 0 Å². The van der Waals surface area contributed by atoms with Gasteiger partial charge in [-0.1, -0.05) is 12.1 Å². The largest absolute Gasteiger partial charge is 0.384 e. The molecule has 0 radical (unpaired) electrons. The molecule has 3 aromatic rings. The highest BCUT2D eigenvalue weighted by molar-refractivity contribution is 7.89. The summed E-state index contributed by atoms with van der Waals surface area (Å²) >= 11 is 1.35. The molecule has 1 aromatic carbocycles. The molecule has 0 saturated carbocycles. The number of hydrogen-bond donors (Lipinski definition) is 5. The summed E-state index contributed by atoms with van der Waals surface area (Å²) in [6.45, 7) is 2.91. The van der Waals surface area contributed by atoms with Gasteiger partial charge in [0, 0.05) is 73.5 Å². The maximum Gasteiger partial charge on any atom is 0.283 e. The number of carbonyl (C=O) groups excluding carboxylic acids is 2. The normalized spacial score (nSPS) is 20.3. The number of amides is 2. The van der Waals surface area contributed by atoms with Crippen molar-refractivity contribution in [1.82, 2.24) is 29.8 Å². The van der Waals surface area contributed by atoms with Crippen LogP contribution < -0.4 is 16.4 Å². The molecule has 2 aliphatic heterocycles. The maximum atomic E-state index is 13.6. The highest BCUT2D eigenvalue weighted by Gasteiger charge is 2.39. The highest BCUT2D eigenvalue weighted by Crippen LogP contribution is 2.28. The molecule has 0 bridgehead atoms. The molecule has 2 aliphatic rings. The quantitative estimate of drug-likeness (QED) is 0.217. The molecule has 38 heavy (non-hydrogen) atoms. The number of rotatable bonds is 6. The lowest BCUT2D eigenvalue weighted by Gasteiger charge is -2.40. The average Bonchev–Trinajstić information content (AvgIpc) is 3.52. The number of aromatic amines is 1. The van der Waals surface area contributed by atoms with Crippen LogP contribution in [-0.2, 0) is 27.8 Å². The second-order valence-electron chi connectivity index (χ2n) is 9.62. The molecule has 5 rings (SSSR count). The van der Waals surface area contributed by atoms with Crippen LogP contribution in [0.1, 0.15) is 39.3 Å². The summed E-state index contributed by atoms with van der Waals surface area (Å²) in [6.07, 6.45) is 0.706. The third-order valence-corrected chi connectivity index (χ3v) is 9.88. The molecule has 0 spiro atoms. The van der Waals surface area contributed by atoms with Crippen LogP contribution in [0.5, 0.6) is 0 Å². The molecule has 2 unspecified atom stereocenters. The van der Waals surface area contributed by atoms with E-state index >= 15 is 0 Å². The van der Waals surface area contributed by atoms with Crippen LogP contribution in [0.25, 0.3) is 10.9 Å². The molecule has 2 atom stereocenters. The van der Waals surface area contributed by atoms with Gasteiger partial charge in [-0.2, -0.15) is 4.31 Å². The number of thiazole rings is 1. The van der Waals surface area contributed by atoms with Crippen molar-refractivity contribution >= 4 is 49.9 Å². The van der Waals surface area contributed by atoms with Crippen LogP contribution >= 0.6 is 11.3 Å². The minimum Gasteiger partial charge on any atom is -0.384 e. The van der Waals surface area contributed by atoms with Crippen molar-refractivity contribution in [2.45, 2.75) is 43.4 Å². The van der Waals surface area contributed by atoms with Gasteiger partial charge < -0.3 is 26.3 Å². The van der Waals surface area contributed by atoms with E-state index in [2.05, 4.69) is 27.5 Å². The summed E-state index contributed by atoms with van der Waals surface area (Å²) in [6, 6.07) is 6.15. The SMILES string of the molecule is CNC(=O)CC1CN(S(=O)(=O)c2cc3ccc(C(=N)N)cc3[nH]2)CCN1C(=O)c1nc2c(s1)CNC(C)C2. The lowest BCUT2D eigenvalue weighted by Crippen LogP contribution is -2.57. The Bertz CT molecular complexity index is 1530. The summed E-state index contributed by atoms with van der Waals surface area (Å²) in [5.41, 5.74) is 7.51. The number of hydrogen-bond acceptors (Lipinski definition) is 8. The summed E-state index contributed by atoms with van der Waals surface area (Å²) in [7, 11) is -2.44. The number of carbonyl (C=O) groups is 2. The van der Waals surface area contributed by atoms with Gasteiger partial charge in [-0.25, -0.2) is 13.4 Å². The second kappa shape index (κ2) is 10.1. The van der Waals surface area contributed by atoms with Gasteiger partial charge >= 0.3 is 0 Å². The molecule has 0 aliphatic carbocycles. The van der Waals surface area contributed by atoms with Crippen molar-refractivity contribution in [3.63, 3.8) is 0 Å². The summed E-state index contributed by atoms with van der Waals surface area (Å²) < 4.78 is 28.5. The first-order chi connectivity index (χ1) is 18.1. The van der Waals surface area contributed by atoms with Gasteiger partial charge in [-0.05, 0) is 19.1 Å². The molecule has 6 N–H and O–H groups in total. The first-order valence-electron chi connectivity index (χ1n) is 12.3. The number of sulfonamides is 1. The van der Waals surface area contributed by atoms with Crippen LogP contribution in [0, 0.1) is 5.41 Å². The lowest BCUT2D eigenvalue weighted by atomic mass is 10.1. The number of fused-ring (bicyclic) bond motifs is 2. The zero-order chi connectivity index (χ0) is 27.2. The van der Waals surface area contributed by atoms with E-state index in [4.69, 9.17) is 11.1 Å². The van der Waals surface area contributed by atoms with Crippen LogP contribution in [0.15, 0.2) is 29.3 Å². The van der Waals surface area contributed by atoms with Gasteiger partial charge in [0.2, 0.25) is 5.91 Å². The molecular formula is C24H30N8O4S2.